The van der Waals surface area contributed by atoms with Crippen LogP contribution >= 0.6 is 0 Å². The second-order valence-corrected chi connectivity index (χ2v) is 7.63. The van der Waals surface area contributed by atoms with Gasteiger partial charge in [-0.3, -0.25) is 4.90 Å². The molecule has 1 aliphatic heterocycles. The van der Waals surface area contributed by atoms with E-state index in [1.165, 1.54) is 19.3 Å². The van der Waals surface area contributed by atoms with E-state index in [-0.39, 0.29) is 6.04 Å². The molecule has 0 aromatic carbocycles. The summed E-state index contributed by atoms with van der Waals surface area (Å²) in [7, 11) is 2.02. The summed E-state index contributed by atoms with van der Waals surface area (Å²) >= 11 is 0. The zero-order valence-electron chi connectivity index (χ0n) is 16.3. The molecule has 5 heteroatoms. The molecule has 3 aromatic heterocycles. The summed E-state index contributed by atoms with van der Waals surface area (Å²) in [4.78, 5) is 14.5. The lowest BCUT2D eigenvalue weighted by Gasteiger charge is -2.34. The van der Waals surface area contributed by atoms with Crippen LogP contribution in [0.3, 0.4) is 0 Å². The van der Waals surface area contributed by atoms with E-state index in [4.69, 9.17) is 0 Å². The average molecular weight is 365 g/mol. The molecule has 0 radical (unpaired) electrons. The highest BCUT2D eigenvalue weighted by molar-refractivity contribution is 5.93. The predicted octanol–water partition coefficient (Wildman–Crippen LogP) is 4.50. The molecule has 0 amide bonds. The fourth-order valence-corrected chi connectivity index (χ4v) is 4.54. The molecule has 4 rings (SSSR count). The normalized spacial score (nSPS) is 16.7. The van der Waals surface area contributed by atoms with Crippen molar-refractivity contribution in [2.24, 2.45) is 7.05 Å². The van der Waals surface area contributed by atoms with E-state index in [1.54, 1.807) is 0 Å². The first kappa shape index (κ1) is 17.9. The quantitative estimate of drug-likeness (QED) is 0.741. The van der Waals surface area contributed by atoms with Crippen LogP contribution in [-0.4, -0.2) is 38.0 Å². The van der Waals surface area contributed by atoms with Gasteiger partial charge in [-0.2, -0.15) is 0 Å². The van der Waals surface area contributed by atoms with E-state index in [9.17, 15) is 9.90 Å². The number of aromatic nitrogens is 2. The van der Waals surface area contributed by atoms with Crippen molar-refractivity contribution in [2.75, 3.05) is 13.1 Å². The Morgan fingerprint density at radius 1 is 1.15 bits per heavy atom. The first-order valence-electron chi connectivity index (χ1n) is 9.72. The topological polar surface area (TPSA) is 49.9 Å². The van der Waals surface area contributed by atoms with Gasteiger partial charge in [0.15, 0.2) is 0 Å². The van der Waals surface area contributed by atoms with Crippen molar-refractivity contribution in [2.45, 2.75) is 39.2 Å². The van der Waals surface area contributed by atoms with Gasteiger partial charge in [0.2, 0.25) is 0 Å². The fourth-order valence-electron chi connectivity index (χ4n) is 4.54. The van der Waals surface area contributed by atoms with E-state index in [2.05, 4.69) is 39.1 Å². The molecule has 1 unspecified atom stereocenters. The van der Waals surface area contributed by atoms with Crippen LogP contribution in [-0.2, 0) is 7.05 Å². The van der Waals surface area contributed by atoms with Crippen LogP contribution in [0.15, 0.2) is 36.7 Å². The molecular formula is C22H27N3O2. The molecule has 4 heterocycles. The fraction of sp³-hybridized carbons (Fsp3) is 0.409. The molecule has 3 aromatic rings. The van der Waals surface area contributed by atoms with Gasteiger partial charge in [0, 0.05) is 42.4 Å². The van der Waals surface area contributed by atoms with Crippen LogP contribution in [0.1, 0.15) is 53.8 Å². The Hall–Kier alpha value is -2.53. The number of hydrogen-bond donors (Lipinski definition) is 1. The molecule has 5 nitrogen and oxygen atoms in total. The molecule has 1 fully saturated rings. The molecule has 1 atom stereocenters. The van der Waals surface area contributed by atoms with Gasteiger partial charge in [-0.15, -0.1) is 0 Å². The molecule has 0 bridgehead atoms. The number of carboxylic acid groups (broad SMARTS) is 1. The predicted molar refractivity (Wildman–Crippen MR) is 107 cm³/mol. The number of aromatic carboxylic acids is 1. The van der Waals surface area contributed by atoms with E-state index < -0.39 is 5.97 Å². The van der Waals surface area contributed by atoms with Gasteiger partial charge in [0.25, 0.3) is 0 Å². The third-order valence-corrected chi connectivity index (χ3v) is 6.04. The number of likely N-dealkylation sites (tertiary alicyclic amines) is 1. The molecule has 1 N–H and O–H groups in total. The van der Waals surface area contributed by atoms with Crippen LogP contribution in [0.4, 0.5) is 0 Å². The molecule has 1 aliphatic rings. The molecule has 27 heavy (non-hydrogen) atoms. The van der Waals surface area contributed by atoms with Crippen molar-refractivity contribution < 1.29 is 9.90 Å². The molecule has 142 valence electrons. The maximum absolute atomic E-state index is 12.0. The number of nitrogens with zero attached hydrogens (tertiary/aromatic N) is 3. The minimum atomic E-state index is -0.860. The summed E-state index contributed by atoms with van der Waals surface area (Å²) < 4.78 is 4.27. The highest BCUT2D eigenvalue weighted by Crippen LogP contribution is 2.34. The smallest absolute Gasteiger partial charge is 0.336 e. The second-order valence-electron chi connectivity index (χ2n) is 7.63. The monoisotopic (exact) mass is 365 g/mol. The Labute approximate surface area is 159 Å². The Morgan fingerprint density at radius 3 is 2.52 bits per heavy atom. The van der Waals surface area contributed by atoms with Crippen LogP contribution < -0.4 is 0 Å². The van der Waals surface area contributed by atoms with Gasteiger partial charge < -0.3 is 14.1 Å². The number of piperidine rings is 1. The van der Waals surface area contributed by atoms with Gasteiger partial charge in [-0.1, -0.05) is 6.42 Å². The highest BCUT2D eigenvalue weighted by atomic mass is 16.4. The average Bonchev–Trinajstić information content (AvgIpc) is 3.26. The van der Waals surface area contributed by atoms with Gasteiger partial charge in [-0.25, -0.2) is 4.79 Å². The van der Waals surface area contributed by atoms with Gasteiger partial charge in [-0.05, 0) is 69.6 Å². The van der Waals surface area contributed by atoms with Crippen LogP contribution in [0.5, 0.6) is 0 Å². The minimum absolute atomic E-state index is 0.181. The summed E-state index contributed by atoms with van der Waals surface area (Å²) in [6.07, 6.45) is 7.82. The maximum atomic E-state index is 12.0. The standard InChI is InChI=1S/C22H27N3O2/c1-15-18(22(26)27)14-20-17(19-8-7-10-23(19)3)9-13-25(20)21(15)16(2)24-11-5-4-6-12-24/h7-10,13-14,16H,4-6,11-12H2,1-3H3,(H,26,27). The number of pyridine rings is 1. The Bertz CT molecular complexity index is 993. The van der Waals surface area contributed by atoms with Gasteiger partial charge in [0.05, 0.1) is 11.1 Å². The zero-order valence-corrected chi connectivity index (χ0v) is 16.3. The number of fused-ring (bicyclic) bond motifs is 1. The van der Waals surface area contributed by atoms with Crippen molar-refractivity contribution >= 4 is 11.5 Å². The lowest BCUT2D eigenvalue weighted by molar-refractivity contribution is 0.0695. The van der Waals surface area contributed by atoms with Gasteiger partial charge in [0.1, 0.15) is 0 Å². The SMILES string of the molecule is Cc1c(C(=O)O)cc2c(-c3cccn3C)ccn2c1C(C)N1CCCCC1. The number of hydrogen-bond acceptors (Lipinski definition) is 2. The Kier molecular flexibility index (Phi) is 4.56. The molecule has 0 aliphatic carbocycles. The summed E-state index contributed by atoms with van der Waals surface area (Å²) in [6, 6.07) is 8.20. The van der Waals surface area contributed by atoms with E-state index >= 15 is 0 Å². The van der Waals surface area contributed by atoms with Crippen molar-refractivity contribution in [1.82, 2.24) is 13.9 Å². The summed E-state index contributed by atoms with van der Waals surface area (Å²) in [5, 5.41) is 9.83. The zero-order chi connectivity index (χ0) is 19.1. The third kappa shape index (κ3) is 2.96. The molecule has 0 saturated carbocycles. The van der Waals surface area contributed by atoms with Crippen LogP contribution in [0.2, 0.25) is 0 Å². The van der Waals surface area contributed by atoms with Crippen LogP contribution in [0.25, 0.3) is 16.8 Å². The lowest BCUT2D eigenvalue weighted by Crippen LogP contribution is -2.33. The third-order valence-electron chi connectivity index (χ3n) is 6.04. The number of rotatable bonds is 4. The molecular weight excluding hydrogens is 338 g/mol. The summed E-state index contributed by atoms with van der Waals surface area (Å²) in [5.41, 5.74) is 5.47. The van der Waals surface area contributed by atoms with E-state index in [0.29, 0.717) is 5.56 Å². The highest BCUT2D eigenvalue weighted by Gasteiger charge is 2.25. The van der Waals surface area contributed by atoms with E-state index in [1.807, 2.05) is 32.3 Å². The maximum Gasteiger partial charge on any atom is 0.336 e. The Balaban J connectivity index is 1.94. The van der Waals surface area contributed by atoms with Crippen molar-refractivity contribution in [1.29, 1.82) is 0 Å². The number of carboxylic acids is 1. The summed E-state index contributed by atoms with van der Waals surface area (Å²) in [5.74, 6) is -0.860. The lowest BCUT2D eigenvalue weighted by atomic mass is 9.99. The largest absolute Gasteiger partial charge is 0.478 e. The van der Waals surface area contributed by atoms with E-state index in [0.717, 1.165) is 41.1 Å². The van der Waals surface area contributed by atoms with Crippen molar-refractivity contribution in [3.8, 4) is 11.3 Å². The molecule has 1 saturated heterocycles. The minimum Gasteiger partial charge on any atom is -0.478 e. The Morgan fingerprint density at radius 2 is 1.89 bits per heavy atom. The summed E-state index contributed by atoms with van der Waals surface area (Å²) in [6.45, 7) is 6.30. The first-order chi connectivity index (χ1) is 13.0. The second kappa shape index (κ2) is 6.89. The van der Waals surface area contributed by atoms with Crippen LogP contribution in [0, 0.1) is 6.92 Å². The van der Waals surface area contributed by atoms with Crippen molar-refractivity contribution in [3.63, 3.8) is 0 Å². The number of carbonyl (C=O) groups is 1. The van der Waals surface area contributed by atoms with Gasteiger partial charge >= 0.3 is 5.97 Å². The number of aryl methyl sites for hydroxylation is 1. The first-order valence-corrected chi connectivity index (χ1v) is 9.72. The molecule has 0 spiro atoms. The van der Waals surface area contributed by atoms with Crippen molar-refractivity contribution in [3.05, 3.63) is 53.5 Å².